The third-order valence-electron chi connectivity index (χ3n) is 3.16. The van der Waals surface area contributed by atoms with Gasteiger partial charge in [-0.1, -0.05) is 26.7 Å². The van der Waals surface area contributed by atoms with Crippen LogP contribution in [0.15, 0.2) is 12.4 Å². The molecule has 4 nitrogen and oxygen atoms in total. The zero-order valence-electron chi connectivity index (χ0n) is 11.6. The first-order valence-electron chi connectivity index (χ1n) is 6.98. The summed E-state index contributed by atoms with van der Waals surface area (Å²) in [6, 6.07) is 0. The number of carboxylic acid groups (broad SMARTS) is 1. The molecule has 1 aromatic heterocycles. The van der Waals surface area contributed by atoms with Crippen LogP contribution in [-0.2, 0) is 24.3 Å². The Morgan fingerprint density at radius 2 is 2.06 bits per heavy atom. The molecule has 0 aromatic carbocycles. The van der Waals surface area contributed by atoms with Crippen LogP contribution in [0.2, 0.25) is 0 Å². The number of unbranched alkanes of at least 4 members (excludes halogenated alkanes) is 2. The highest BCUT2D eigenvalue weighted by molar-refractivity contribution is 5.66. The van der Waals surface area contributed by atoms with Crippen LogP contribution in [0.1, 0.15) is 51.8 Å². The van der Waals surface area contributed by atoms with E-state index in [1.54, 1.807) is 0 Å². The van der Waals surface area contributed by atoms with Crippen LogP contribution in [0.5, 0.6) is 0 Å². The van der Waals surface area contributed by atoms with Gasteiger partial charge in [-0.2, -0.15) is 0 Å². The second-order valence-electron chi connectivity index (χ2n) is 4.70. The summed E-state index contributed by atoms with van der Waals surface area (Å²) in [7, 11) is 0. The van der Waals surface area contributed by atoms with E-state index in [1.807, 2.05) is 6.20 Å². The van der Waals surface area contributed by atoms with Gasteiger partial charge in [0.25, 0.3) is 5.82 Å². The van der Waals surface area contributed by atoms with E-state index in [1.165, 1.54) is 18.7 Å². The molecule has 0 amide bonds. The molecule has 0 radical (unpaired) electrons. The van der Waals surface area contributed by atoms with Crippen molar-refractivity contribution in [2.75, 3.05) is 0 Å². The maximum absolute atomic E-state index is 10.7. The van der Waals surface area contributed by atoms with Crippen LogP contribution >= 0.6 is 0 Å². The molecule has 0 atom stereocenters. The number of aryl methyl sites for hydroxylation is 2. The predicted octanol–water partition coefficient (Wildman–Crippen LogP) is 2.39. The Kier molecular flexibility index (Phi) is 6.47. The Labute approximate surface area is 109 Å². The topological polar surface area (TPSA) is 46.1 Å². The molecule has 1 aromatic rings. The summed E-state index contributed by atoms with van der Waals surface area (Å²) < 4.78 is 4.38. The van der Waals surface area contributed by atoms with E-state index in [0.717, 1.165) is 25.8 Å². The normalized spacial score (nSPS) is 10.8. The highest BCUT2D eigenvalue weighted by Crippen LogP contribution is 2.04. The summed E-state index contributed by atoms with van der Waals surface area (Å²) in [4.78, 5) is 10.7. The minimum absolute atomic E-state index is 0.196. The molecule has 1 rings (SSSR count). The minimum atomic E-state index is -0.731. The molecular formula is C14H25N2O2+. The molecule has 4 heteroatoms. The van der Waals surface area contributed by atoms with E-state index >= 15 is 0 Å². The smallest absolute Gasteiger partial charge is 0.307 e. The number of aliphatic carboxylic acids is 1. The molecule has 0 aliphatic heterocycles. The number of nitrogens with zero attached hydrogens (tertiary/aromatic N) is 2. The van der Waals surface area contributed by atoms with Crippen molar-refractivity contribution < 1.29 is 14.5 Å². The summed E-state index contributed by atoms with van der Waals surface area (Å²) in [6.45, 7) is 5.98. The highest BCUT2D eigenvalue weighted by atomic mass is 16.4. The quantitative estimate of drug-likeness (QED) is 0.687. The Morgan fingerprint density at radius 1 is 1.33 bits per heavy atom. The van der Waals surface area contributed by atoms with Crippen molar-refractivity contribution in [3.8, 4) is 0 Å². The second-order valence-corrected chi connectivity index (χ2v) is 4.70. The third-order valence-corrected chi connectivity index (χ3v) is 3.16. The van der Waals surface area contributed by atoms with Gasteiger partial charge in [0.1, 0.15) is 18.9 Å². The molecule has 0 aliphatic rings. The lowest BCUT2D eigenvalue weighted by atomic mass is 10.2. The number of aromatic nitrogens is 2. The highest BCUT2D eigenvalue weighted by Gasteiger charge is 2.16. The van der Waals surface area contributed by atoms with Crippen LogP contribution in [0.3, 0.4) is 0 Å². The van der Waals surface area contributed by atoms with Gasteiger partial charge in [0.2, 0.25) is 0 Å². The zero-order chi connectivity index (χ0) is 13.4. The summed E-state index contributed by atoms with van der Waals surface area (Å²) >= 11 is 0. The van der Waals surface area contributed by atoms with E-state index in [-0.39, 0.29) is 6.42 Å². The van der Waals surface area contributed by atoms with Crippen molar-refractivity contribution in [2.45, 2.75) is 65.5 Å². The maximum Gasteiger partial charge on any atom is 0.307 e. The van der Waals surface area contributed by atoms with Gasteiger partial charge < -0.3 is 5.11 Å². The molecule has 0 aliphatic carbocycles. The SMILES string of the molecule is CCCCc1n(CCC(=O)O)cc[n+]1CCCC. The van der Waals surface area contributed by atoms with Gasteiger partial charge >= 0.3 is 5.97 Å². The molecule has 0 saturated carbocycles. The Hall–Kier alpha value is -1.32. The van der Waals surface area contributed by atoms with Crippen molar-refractivity contribution >= 4 is 5.97 Å². The van der Waals surface area contributed by atoms with Gasteiger partial charge in [-0.3, -0.25) is 4.79 Å². The van der Waals surface area contributed by atoms with Gasteiger partial charge in [0.05, 0.1) is 13.0 Å². The first-order chi connectivity index (χ1) is 8.69. The number of carbonyl (C=O) groups is 1. The first kappa shape index (κ1) is 14.7. The lowest BCUT2D eigenvalue weighted by Crippen LogP contribution is -2.37. The summed E-state index contributed by atoms with van der Waals surface area (Å²) in [5.41, 5.74) is 0. The van der Waals surface area contributed by atoms with Crippen LogP contribution in [0, 0.1) is 0 Å². The molecule has 0 fully saturated rings. The molecule has 18 heavy (non-hydrogen) atoms. The molecular weight excluding hydrogens is 228 g/mol. The number of imidazole rings is 1. The third kappa shape index (κ3) is 4.51. The van der Waals surface area contributed by atoms with Crippen LogP contribution in [0.25, 0.3) is 0 Å². The largest absolute Gasteiger partial charge is 0.481 e. The molecule has 102 valence electrons. The molecule has 0 spiro atoms. The fraction of sp³-hybridized carbons (Fsp3) is 0.714. The molecule has 0 saturated heterocycles. The van der Waals surface area contributed by atoms with Gasteiger partial charge in [-0.05, 0) is 12.8 Å². The van der Waals surface area contributed by atoms with Crippen molar-refractivity contribution in [2.24, 2.45) is 0 Å². The average Bonchev–Trinajstić information content (AvgIpc) is 2.73. The number of rotatable bonds is 9. The van der Waals surface area contributed by atoms with Gasteiger partial charge in [0, 0.05) is 6.42 Å². The summed E-state index contributed by atoms with van der Waals surface area (Å²) in [5, 5.41) is 8.77. The fourth-order valence-electron chi connectivity index (χ4n) is 2.07. The van der Waals surface area contributed by atoms with Gasteiger partial charge in [-0.25, -0.2) is 9.13 Å². The first-order valence-corrected chi connectivity index (χ1v) is 6.98. The van der Waals surface area contributed by atoms with Crippen molar-refractivity contribution in [3.05, 3.63) is 18.2 Å². The molecule has 1 heterocycles. The van der Waals surface area contributed by atoms with Crippen molar-refractivity contribution in [1.29, 1.82) is 0 Å². The second kappa shape index (κ2) is 7.90. The van der Waals surface area contributed by atoms with Crippen LogP contribution in [0.4, 0.5) is 0 Å². The maximum atomic E-state index is 10.7. The lowest BCUT2D eigenvalue weighted by Gasteiger charge is -2.04. The van der Waals surface area contributed by atoms with Gasteiger partial charge in [-0.15, -0.1) is 0 Å². The van der Waals surface area contributed by atoms with Crippen LogP contribution < -0.4 is 4.57 Å². The van der Waals surface area contributed by atoms with E-state index in [2.05, 4.69) is 29.2 Å². The summed E-state index contributed by atoms with van der Waals surface area (Å²) in [6.07, 6.45) is 10.0. The van der Waals surface area contributed by atoms with E-state index in [9.17, 15) is 4.79 Å². The number of hydrogen-bond acceptors (Lipinski definition) is 1. The van der Waals surface area contributed by atoms with E-state index in [0.29, 0.717) is 6.54 Å². The monoisotopic (exact) mass is 253 g/mol. The molecule has 0 bridgehead atoms. The zero-order valence-corrected chi connectivity index (χ0v) is 11.6. The summed E-state index contributed by atoms with van der Waals surface area (Å²) in [5.74, 6) is 0.539. The molecule has 0 unspecified atom stereocenters. The van der Waals surface area contributed by atoms with Crippen molar-refractivity contribution in [1.82, 2.24) is 4.57 Å². The van der Waals surface area contributed by atoms with Gasteiger partial charge in [0.15, 0.2) is 0 Å². The average molecular weight is 253 g/mol. The Bertz CT molecular complexity index is 372. The van der Waals surface area contributed by atoms with E-state index < -0.39 is 5.97 Å². The lowest BCUT2D eigenvalue weighted by molar-refractivity contribution is -0.704. The predicted molar refractivity (Wildman–Crippen MR) is 70.4 cm³/mol. The fourth-order valence-corrected chi connectivity index (χ4v) is 2.07. The standard InChI is InChI=1S/C14H24N2O2/c1-3-5-7-13-15(9-6-4-2)11-12-16(13)10-8-14(17)18/h11-12H,3-10H2,1-2H3/p+1. The minimum Gasteiger partial charge on any atom is -0.481 e. The Balaban J connectivity index is 2.74. The number of hydrogen-bond donors (Lipinski definition) is 1. The van der Waals surface area contributed by atoms with Crippen LogP contribution in [-0.4, -0.2) is 15.6 Å². The molecule has 1 N–H and O–H groups in total. The van der Waals surface area contributed by atoms with E-state index in [4.69, 9.17) is 5.11 Å². The number of carboxylic acids is 1. The van der Waals surface area contributed by atoms with Crippen molar-refractivity contribution in [3.63, 3.8) is 0 Å². The Morgan fingerprint density at radius 3 is 2.67 bits per heavy atom.